The first-order valence-corrected chi connectivity index (χ1v) is 4.77. The van der Waals surface area contributed by atoms with Crippen LogP contribution in [0.4, 0.5) is 5.69 Å². The van der Waals surface area contributed by atoms with Crippen LogP contribution in [-0.4, -0.2) is 12.0 Å². The van der Waals surface area contributed by atoms with Crippen LogP contribution >= 0.6 is 11.6 Å². The van der Waals surface area contributed by atoms with Crippen LogP contribution in [0.5, 0.6) is 5.75 Å². The molecule has 0 aliphatic rings. The molecule has 0 amide bonds. The average Bonchev–Trinajstić information content (AvgIpc) is 2.15. The number of methoxy groups -OCH3 is 1. The van der Waals surface area contributed by atoms with Gasteiger partial charge >= 0.3 is 0 Å². The highest BCUT2D eigenvalue weighted by Gasteiger charge is 2.24. The zero-order valence-corrected chi connectivity index (χ0v) is 9.81. The van der Waals surface area contributed by atoms with E-state index < -0.39 is 4.92 Å². The van der Waals surface area contributed by atoms with Gasteiger partial charge in [0, 0.05) is 0 Å². The molecule has 0 saturated heterocycles. The zero-order chi connectivity index (χ0) is 11.7. The van der Waals surface area contributed by atoms with Gasteiger partial charge in [0.05, 0.1) is 17.6 Å². The Labute approximate surface area is 93.0 Å². The second-order valence-electron chi connectivity index (χ2n) is 3.33. The van der Waals surface area contributed by atoms with Gasteiger partial charge in [0.2, 0.25) is 0 Å². The zero-order valence-electron chi connectivity index (χ0n) is 9.05. The molecule has 0 radical (unpaired) electrons. The fourth-order valence-corrected chi connectivity index (χ4v) is 1.94. The van der Waals surface area contributed by atoms with Gasteiger partial charge in [-0.3, -0.25) is 10.1 Å². The van der Waals surface area contributed by atoms with Gasteiger partial charge in [-0.2, -0.15) is 0 Å². The molecule has 0 saturated carbocycles. The summed E-state index contributed by atoms with van der Waals surface area (Å²) < 4.78 is 5.14. The predicted octanol–water partition coefficient (Wildman–Crippen LogP) is 3.18. The molecule has 82 valence electrons. The number of rotatable bonds is 2. The van der Waals surface area contributed by atoms with Gasteiger partial charge < -0.3 is 4.74 Å². The fraction of sp³-hybridized carbons (Fsp3) is 0.400. The van der Waals surface area contributed by atoms with Gasteiger partial charge in [0.15, 0.2) is 0 Å². The van der Waals surface area contributed by atoms with E-state index in [4.69, 9.17) is 16.3 Å². The number of hydrogen-bond acceptors (Lipinski definition) is 3. The third kappa shape index (κ3) is 1.77. The lowest BCUT2D eigenvalue weighted by Crippen LogP contribution is -2.01. The standard InChI is InChI=1S/C10H12ClNO3/c1-5-6(2)10(15-4)7(3)9(8(5)11)12(13)14/h1-4H3. The van der Waals surface area contributed by atoms with Crippen molar-refractivity contribution in [2.24, 2.45) is 0 Å². The third-order valence-electron chi connectivity index (χ3n) is 2.52. The van der Waals surface area contributed by atoms with Crippen LogP contribution in [0.2, 0.25) is 5.02 Å². The van der Waals surface area contributed by atoms with E-state index in [9.17, 15) is 10.1 Å². The minimum atomic E-state index is -0.480. The minimum absolute atomic E-state index is 0.0726. The second kappa shape index (κ2) is 4.06. The number of ether oxygens (including phenoxy) is 1. The highest BCUT2D eigenvalue weighted by Crippen LogP contribution is 2.40. The smallest absolute Gasteiger partial charge is 0.294 e. The van der Waals surface area contributed by atoms with Gasteiger partial charge in [-0.1, -0.05) is 11.6 Å². The molecular formula is C10H12ClNO3. The second-order valence-corrected chi connectivity index (χ2v) is 3.71. The van der Waals surface area contributed by atoms with Crippen molar-refractivity contribution < 1.29 is 9.66 Å². The Kier molecular flexibility index (Phi) is 3.19. The normalized spacial score (nSPS) is 10.2. The molecule has 1 aromatic carbocycles. The summed E-state index contributed by atoms with van der Waals surface area (Å²) >= 11 is 5.93. The van der Waals surface area contributed by atoms with E-state index in [-0.39, 0.29) is 10.7 Å². The van der Waals surface area contributed by atoms with E-state index in [0.29, 0.717) is 16.9 Å². The van der Waals surface area contributed by atoms with Gasteiger partial charge in [-0.25, -0.2) is 0 Å². The molecule has 15 heavy (non-hydrogen) atoms. The molecule has 0 N–H and O–H groups in total. The number of halogens is 1. The first-order chi connectivity index (χ1) is 6.91. The van der Waals surface area contributed by atoms with Crippen LogP contribution in [0.3, 0.4) is 0 Å². The van der Waals surface area contributed by atoms with E-state index in [1.807, 2.05) is 6.92 Å². The van der Waals surface area contributed by atoms with Crippen LogP contribution in [0.25, 0.3) is 0 Å². The molecule has 0 aliphatic carbocycles. The first kappa shape index (κ1) is 11.8. The van der Waals surface area contributed by atoms with Crippen molar-refractivity contribution in [1.82, 2.24) is 0 Å². The average molecular weight is 230 g/mol. The van der Waals surface area contributed by atoms with E-state index in [1.165, 1.54) is 7.11 Å². The lowest BCUT2D eigenvalue weighted by molar-refractivity contribution is -0.385. The highest BCUT2D eigenvalue weighted by atomic mass is 35.5. The van der Waals surface area contributed by atoms with E-state index in [1.54, 1.807) is 13.8 Å². The Morgan fingerprint density at radius 1 is 1.20 bits per heavy atom. The molecule has 0 unspecified atom stereocenters. The largest absolute Gasteiger partial charge is 0.496 e. The van der Waals surface area contributed by atoms with E-state index in [2.05, 4.69) is 0 Å². The molecule has 0 bridgehead atoms. The summed E-state index contributed by atoms with van der Waals surface area (Å²) in [6.45, 7) is 5.21. The Morgan fingerprint density at radius 2 is 1.73 bits per heavy atom. The monoisotopic (exact) mass is 229 g/mol. The summed E-state index contributed by atoms with van der Waals surface area (Å²) in [7, 11) is 1.49. The van der Waals surface area contributed by atoms with Crippen LogP contribution in [0.15, 0.2) is 0 Å². The topological polar surface area (TPSA) is 52.4 Å². The number of nitro groups is 1. The third-order valence-corrected chi connectivity index (χ3v) is 2.99. The maximum absolute atomic E-state index is 10.8. The maximum atomic E-state index is 10.8. The van der Waals surface area contributed by atoms with Crippen LogP contribution < -0.4 is 4.74 Å². The molecule has 4 nitrogen and oxygen atoms in total. The van der Waals surface area contributed by atoms with Crippen molar-refractivity contribution in [2.75, 3.05) is 7.11 Å². The molecule has 1 rings (SSSR count). The Bertz CT molecular complexity index is 429. The van der Waals surface area contributed by atoms with Crippen molar-refractivity contribution in [2.45, 2.75) is 20.8 Å². The van der Waals surface area contributed by atoms with Gasteiger partial charge in [-0.05, 0) is 31.9 Å². The molecule has 5 heteroatoms. The number of nitro benzene ring substituents is 1. The summed E-state index contributed by atoms with van der Waals surface area (Å²) in [5, 5.41) is 11.0. The predicted molar refractivity (Wildman–Crippen MR) is 58.9 cm³/mol. The summed E-state index contributed by atoms with van der Waals surface area (Å²) in [5.74, 6) is 0.531. The molecule has 0 fully saturated rings. The van der Waals surface area contributed by atoms with E-state index >= 15 is 0 Å². The fourth-order valence-electron chi connectivity index (χ4n) is 1.59. The highest BCUT2D eigenvalue weighted by molar-refractivity contribution is 6.33. The Morgan fingerprint density at radius 3 is 2.13 bits per heavy atom. The number of benzene rings is 1. The van der Waals surface area contributed by atoms with Crippen molar-refractivity contribution in [3.8, 4) is 5.75 Å². The number of hydrogen-bond donors (Lipinski definition) is 0. The Hall–Kier alpha value is -1.29. The molecular weight excluding hydrogens is 218 g/mol. The summed E-state index contributed by atoms with van der Waals surface area (Å²) in [6.07, 6.45) is 0. The summed E-state index contributed by atoms with van der Waals surface area (Å²) in [4.78, 5) is 10.4. The maximum Gasteiger partial charge on any atom is 0.294 e. The van der Waals surface area contributed by atoms with Crippen LogP contribution in [0.1, 0.15) is 16.7 Å². The summed E-state index contributed by atoms with van der Waals surface area (Å²) in [6, 6.07) is 0. The molecule has 0 aliphatic heterocycles. The van der Waals surface area contributed by atoms with Crippen molar-refractivity contribution in [3.05, 3.63) is 31.8 Å². The quantitative estimate of drug-likeness (QED) is 0.578. The van der Waals surface area contributed by atoms with Gasteiger partial charge in [-0.15, -0.1) is 0 Å². The molecule has 0 atom stereocenters. The molecule has 0 aromatic heterocycles. The summed E-state index contributed by atoms with van der Waals surface area (Å²) in [5.41, 5.74) is 1.92. The Balaban J connectivity index is 3.68. The van der Waals surface area contributed by atoms with Crippen molar-refractivity contribution in [1.29, 1.82) is 0 Å². The van der Waals surface area contributed by atoms with Crippen molar-refractivity contribution in [3.63, 3.8) is 0 Å². The SMILES string of the molecule is COc1c(C)c(C)c(Cl)c([N+](=O)[O-])c1C. The number of nitrogens with zero attached hydrogens (tertiary/aromatic N) is 1. The van der Waals surface area contributed by atoms with Crippen LogP contribution in [-0.2, 0) is 0 Å². The minimum Gasteiger partial charge on any atom is -0.496 e. The molecule has 0 heterocycles. The molecule has 0 spiro atoms. The van der Waals surface area contributed by atoms with Gasteiger partial charge in [0.25, 0.3) is 5.69 Å². The van der Waals surface area contributed by atoms with Gasteiger partial charge in [0.1, 0.15) is 10.8 Å². The first-order valence-electron chi connectivity index (χ1n) is 4.39. The lowest BCUT2D eigenvalue weighted by Gasteiger charge is -2.13. The van der Waals surface area contributed by atoms with Crippen LogP contribution in [0, 0.1) is 30.9 Å². The van der Waals surface area contributed by atoms with E-state index in [0.717, 1.165) is 5.56 Å². The lowest BCUT2D eigenvalue weighted by atomic mass is 10.0. The van der Waals surface area contributed by atoms with Crippen molar-refractivity contribution >= 4 is 17.3 Å². The molecule has 1 aromatic rings.